The topological polar surface area (TPSA) is 58.9 Å². The highest BCUT2D eigenvalue weighted by molar-refractivity contribution is 5.38. The Labute approximate surface area is 213 Å². The molecule has 3 aliphatic rings. The summed E-state index contributed by atoms with van der Waals surface area (Å²) in [5.74, 6) is 2.01. The summed E-state index contributed by atoms with van der Waals surface area (Å²) in [4.78, 5) is 0. The molecule has 2 N–H and O–H groups in total. The molecule has 3 rings (SSSR count). The van der Waals surface area contributed by atoms with Crippen molar-refractivity contribution >= 4 is 0 Å². The van der Waals surface area contributed by atoms with E-state index >= 15 is 0 Å². The largest absolute Gasteiger partial charge is 0.393 e. The highest BCUT2D eigenvalue weighted by Gasteiger charge is 2.51. The molecule has 0 amide bonds. The van der Waals surface area contributed by atoms with E-state index in [0.717, 1.165) is 17.6 Å². The maximum Gasteiger partial charge on any atom is 0.147 e. The van der Waals surface area contributed by atoms with Crippen LogP contribution in [0.2, 0.25) is 0 Å². The maximum atomic E-state index is 10.2. The molecule has 0 aromatic rings. The molecule has 0 aliphatic heterocycles. The molecular weight excluding hydrogens is 436 g/mol. The molecule has 196 valence electrons. The van der Waals surface area contributed by atoms with Gasteiger partial charge >= 0.3 is 0 Å². The van der Waals surface area contributed by atoms with Crippen molar-refractivity contribution in [2.24, 2.45) is 29.1 Å². The summed E-state index contributed by atoms with van der Waals surface area (Å²) in [6.07, 6.45) is 16.9. The minimum atomic E-state index is -0.634. The lowest BCUT2D eigenvalue weighted by Gasteiger charge is -2.45. The molecule has 0 aromatic carbocycles. The third-order valence-electron chi connectivity index (χ3n) is 9.08. The van der Waals surface area contributed by atoms with Crippen LogP contribution >= 0.6 is 0 Å². The molecule has 0 saturated heterocycles. The fraction of sp³-hybridized carbons (Fsp3) is 0.677. The van der Waals surface area contributed by atoms with Crippen molar-refractivity contribution in [3.63, 3.8) is 0 Å². The second-order valence-corrected chi connectivity index (χ2v) is 11.8. The van der Waals surface area contributed by atoms with E-state index in [2.05, 4.69) is 71.2 Å². The van der Waals surface area contributed by atoms with Gasteiger partial charge in [0.25, 0.3) is 0 Å². The van der Waals surface area contributed by atoms with E-state index in [9.17, 15) is 10.2 Å². The Hall–Kier alpha value is -1.46. The van der Waals surface area contributed by atoms with Crippen molar-refractivity contribution in [3.05, 3.63) is 60.3 Å². The number of aliphatic hydroxyl groups excluding tert-OH is 2. The van der Waals surface area contributed by atoms with Crippen molar-refractivity contribution in [2.75, 3.05) is 13.9 Å². The molecular formula is C31H48O4. The lowest BCUT2D eigenvalue weighted by atomic mass is 9.59. The van der Waals surface area contributed by atoms with Crippen LogP contribution in [0.1, 0.15) is 72.6 Å². The Morgan fingerprint density at radius 1 is 1.23 bits per heavy atom. The van der Waals surface area contributed by atoms with Crippen LogP contribution in [-0.4, -0.2) is 41.9 Å². The third kappa shape index (κ3) is 6.46. The van der Waals surface area contributed by atoms with E-state index in [1.165, 1.54) is 31.3 Å². The van der Waals surface area contributed by atoms with Crippen LogP contribution in [-0.2, 0) is 9.47 Å². The third-order valence-corrected chi connectivity index (χ3v) is 9.08. The number of ether oxygens (including phenoxy) is 2. The van der Waals surface area contributed by atoms with Gasteiger partial charge in [-0.3, -0.25) is 0 Å². The van der Waals surface area contributed by atoms with Crippen molar-refractivity contribution in [3.8, 4) is 0 Å². The Morgan fingerprint density at radius 3 is 2.66 bits per heavy atom. The van der Waals surface area contributed by atoms with Gasteiger partial charge in [0.05, 0.1) is 17.8 Å². The minimum absolute atomic E-state index is 0.280. The highest BCUT2D eigenvalue weighted by atomic mass is 16.7. The number of fused-ring (bicyclic) bond motifs is 1. The van der Waals surface area contributed by atoms with E-state index in [-0.39, 0.29) is 17.8 Å². The maximum absolute atomic E-state index is 10.2. The fourth-order valence-corrected chi connectivity index (χ4v) is 6.95. The summed E-state index contributed by atoms with van der Waals surface area (Å²) in [6, 6.07) is 0. The minimum Gasteiger partial charge on any atom is -0.393 e. The average molecular weight is 485 g/mol. The van der Waals surface area contributed by atoms with Gasteiger partial charge in [-0.1, -0.05) is 56.4 Å². The normalized spacial score (nSPS) is 36.0. The molecule has 0 radical (unpaired) electrons. The number of rotatable bonds is 9. The lowest BCUT2D eigenvalue weighted by molar-refractivity contribution is -0.0921. The molecule has 4 heteroatoms. The second kappa shape index (κ2) is 11.7. The zero-order chi connectivity index (χ0) is 25.8. The van der Waals surface area contributed by atoms with Gasteiger partial charge in [0, 0.05) is 13.5 Å². The van der Waals surface area contributed by atoms with Gasteiger partial charge in [0.1, 0.15) is 6.79 Å². The molecule has 3 aliphatic carbocycles. The smallest absolute Gasteiger partial charge is 0.147 e. The first-order valence-electron chi connectivity index (χ1n) is 13.4. The van der Waals surface area contributed by atoms with E-state index in [1.54, 1.807) is 7.11 Å². The predicted octanol–water partition coefficient (Wildman–Crippen LogP) is 6.52. The van der Waals surface area contributed by atoms with Crippen LogP contribution in [0.4, 0.5) is 0 Å². The zero-order valence-electron chi connectivity index (χ0n) is 22.6. The Kier molecular flexibility index (Phi) is 9.42. The fourth-order valence-electron chi connectivity index (χ4n) is 6.95. The number of hydrogen-bond acceptors (Lipinski definition) is 4. The number of aliphatic hydroxyl groups is 2. The molecule has 4 nitrogen and oxygen atoms in total. The van der Waals surface area contributed by atoms with Gasteiger partial charge in [-0.05, 0) is 92.6 Å². The Morgan fingerprint density at radius 2 is 1.97 bits per heavy atom. The van der Waals surface area contributed by atoms with Gasteiger partial charge < -0.3 is 19.7 Å². The first-order valence-corrected chi connectivity index (χ1v) is 13.4. The monoisotopic (exact) mass is 484 g/mol. The molecule has 0 heterocycles. The molecule has 0 aromatic heterocycles. The first-order chi connectivity index (χ1) is 16.5. The quantitative estimate of drug-likeness (QED) is 0.289. The van der Waals surface area contributed by atoms with Crippen LogP contribution in [0.25, 0.3) is 0 Å². The molecule has 0 bridgehead atoms. The van der Waals surface area contributed by atoms with Gasteiger partial charge in [0.2, 0.25) is 0 Å². The summed E-state index contributed by atoms with van der Waals surface area (Å²) in [5, 5.41) is 20.3. The molecule has 3 fully saturated rings. The molecule has 35 heavy (non-hydrogen) atoms. The standard InChI is InChI=1S/C31H48O4/c1-8-23(15-17-30(4,5)35-20-34-7)21(2)27-13-14-28-24(10-9-16-31(27,28)6)11-12-25-18-26(32)19-29(33)22(25)3/h8,11-12,15,17,21,23,26-29,32-33H,1,3,9-10,13-14,16,18-20H2,2,4-7H3/b17-15+,24-11+,25-12-/t21-,23+,26-,27-,28+,29+,31-/m1/s1. The second-order valence-electron chi connectivity index (χ2n) is 11.8. The molecule has 0 unspecified atom stereocenters. The van der Waals surface area contributed by atoms with Crippen LogP contribution in [0, 0.1) is 29.1 Å². The van der Waals surface area contributed by atoms with Crippen molar-refractivity contribution in [2.45, 2.75) is 90.4 Å². The number of allylic oxidation sites excluding steroid dienone is 5. The van der Waals surface area contributed by atoms with E-state index in [0.29, 0.717) is 36.5 Å². The van der Waals surface area contributed by atoms with Gasteiger partial charge in [-0.2, -0.15) is 0 Å². The SMILES string of the molecule is C=C[C@@H](/C=C/C(C)(C)OCOC)[C@@H](C)[C@H]1CC[C@H]2/C(=C/C=C3/C[C@@H](O)C[C@H](O)C3=C)CCC[C@]12C. The first kappa shape index (κ1) is 28.1. The highest BCUT2D eigenvalue weighted by Crippen LogP contribution is 2.60. The Balaban J connectivity index is 1.76. The van der Waals surface area contributed by atoms with E-state index in [4.69, 9.17) is 9.47 Å². The molecule has 3 saturated carbocycles. The van der Waals surface area contributed by atoms with E-state index < -0.39 is 12.2 Å². The summed E-state index contributed by atoms with van der Waals surface area (Å²) in [6.45, 7) is 17.6. The van der Waals surface area contributed by atoms with E-state index in [1.807, 2.05) is 0 Å². The molecule has 0 spiro atoms. The summed E-state index contributed by atoms with van der Waals surface area (Å²) < 4.78 is 10.9. The average Bonchev–Trinajstić information content (AvgIpc) is 3.16. The summed E-state index contributed by atoms with van der Waals surface area (Å²) in [7, 11) is 1.65. The van der Waals surface area contributed by atoms with Crippen molar-refractivity contribution in [1.82, 2.24) is 0 Å². The summed E-state index contributed by atoms with van der Waals surface area (Å²) >= 11 is 0. The predicted molar refractivity (Wildman–Crippen MR) is 144 cm³/mol. The van der Waals surface area contributed by atoms with Gasteiger partial charge in [-0.25, -0.2) is 0 Å². The van der Waals surface area contributed by atoms with Crippen molar-refractivity contribution in [1.29, 1.82) is 0 Å². The Bertz CT molecular complexity index is 850. The van der Waals surface area contributed by atoms with Crippen LogP contribution in [0.15, 0.2) is 60.3 Å². The zero-order valence-corrected chi connectivity index (χ0v) is 22.6. The lowest BCUT2D eigenvalue weighted by Crippen LogP contribution is -2.37. The van der Waals surface area contributed by atoms with Crippen LogP contribution < -0.4 is 0 Å². The summed E-state index contributed by atoms with van der Waals surface area (Å²) in [5.41, 5.74) is 3.19. The van der Waals surface area contributed by atoms with Crippen LogP contribution in [0.5, 0.6) is 0 Å². The molecule has 7 atom stereocenters. The van der Waals surface area contributed by atoms with Crippen molar-refractivity contribution < 1.29 is 19.7 Å². The number of hydrogen-bond donors (Lipinski definition) is 2. The number of methoxy groups -OCH3 is 1. The van der Waals surface area contributed by atoms with Crippen LogP contribution in [0.3, 0.4) is 0 Å². The van der Waals surface area contributed by atoms with Gasteiger partial charge in [0.15, 0.2) is 0 Å². The van der Waals surface area contributed by atoms with Gasteiger partial charge in [-0.15, -0.1) is 6.58 Å².